The molecule has 0 amide bonds. The van der Waals surface area contributed by atoms with Crippen LogP contribution in [0.3, 0.4) is 0 Å². The largest absolute Gasteiger partial charge is 0.296 e. The molecular formula is C19H12ClN3O2S. The summed E-state index contributed by atoms with van der Waals surface area (Å²) >= 11 is 7.27. The number of nitrogens with zero attached hydrogens (tertiary/aromatic N) is 3. The van der Waals surface area contributed by atoms with Crippen LogP contribution in [0, 0.1) is 0 Å². The van der Waals surface area contributed by atoms with Gasteiger partial charge in [-0.05, 0) is 23.3 Å². The van der Waals surface area contributed by atoms with E-state index in [-0.39, 0.29) is 16.2 Å². The highest BCUT2D eigenvalue weighted by Gasteiger charge is 2.11. The Kier molecular flexibility index (Phi) is 4.36. The SMILES string of the molecule is O=c1nc2sc(=Cc3ccccc3Cl)c(=O)n2nc1Cc1ccccc1. The second-order valence-corrected chi connectivity index (χ2v) is 7.07. The number of benzene rings is 2. The fraction of sp³-hybridized carbons (Fsp3) is 0.0526. The summed E-state index contributed by atoms with van der Waals surface area (Å²) in [5.41, 5.74) is 1.17. The highest BCUT2D eigenvalue weighted by Crippen LogP contribution is 2.15. The first-order chi connectivity index (χ1) is 12.6. The molecule has 2 heterocycles. The predicted molar refractivity (Wildman–Crippen MR) is 103 cm³/mol. The molecule has 0 aliphatic carbocycles. The van der Waals surface area contributed by atoms with Gasteiger partial charge in [0, 0.05) is 11.4 Å². The summed E-state index contributed by atoms with van der Waals surface area (Å²) in [6.45, 7) is 0. The molecule has 4 rings (SSSR count). The molecule has 26 heavy (non-hydrogen) atoms. The summed E-state index contributed by atoms with van der Waals surface area (Å²) in [6, 6.07) is 16.7. The van der Waals surface area contributed by atoms with Crippen molar-refractivity contribution in [2.75, 3.05) is 0 Å². The van der Waals surface area contributed by atoms with Gasteiger partial charge >= 0.3 is 0 Å². The maximum atomic E-state index is 12.7. The zero-order chi connectivity index (χ0) is 18.1. The van der Waals surface area contributed by atoms with Gasteiger partial charge in [-0.15, -0.1) is 0 Å². The van der Waals surface area contributed by atoms with Crippen molar-refractivity contribution in [2.45, 2.75) is 6.42 Å². The minimum absolute atomic E-state index is 0.243. The maximum absolute atomic E-state index is 12.7. The van der Waals surface area contributed by atoms with Crippen LogP contribution in [0.4, 0.5) is 0 Å². The van der Waals surface area contributed by atoms with Gasteiger partial charge in [0.25, 0.3) is 11.1 Å². The number of hydrogen-bond donors (Lipinski definition) is 0. The molecular weight excluding hydrogens is 370 g/mol. The molecule has 0 atom stereocenters. The molecule has 2 aromatic heterocycles. The third kappa shape index (κ3) is 3.16. The minimum Gasteiger partial charge on any atom is -0.266 e. The van der Waals surface area contributed by atoms with Crippen molar-refractivity contribution < 1.29 is 0 Å². The quantitative estimate of drug-likeness (QED) is 0.546. The first-order valence-electron chi connectivity index (χ1n) is 7.85. The zero-order valence-corrected chi connectivity index (χ0v) is 15.0. The lowest BCUT2D eigenvalue weighted by Crippen LogP contribution is -2.28. The molecule has 0 spiro atoms. The van der Waals surface area contributed by atoms with E-state index in [1.807, 2.05) is 48.5 Å². The van der Waals surface area contributed by atoms with Crippen LogP contribution in [-0.2, 0) is 6.42 Å². The van der Waals surface area contributed by atoms with E-state index in [0.29, 0.717) is 16.0 Å². The molecule has 7 heteroatoms. The van der Waals surface area contributed by atoms with Gasteiger partial charge in [-0.3, -0.25) is 9.59 Å². The van der Waals surface area contributed by atoms with Crippen molar-refractivity contribution in [2.24, 2.45) is 0 Å². The van der Waals surface area contributed by atoms with Crippen molar-refractivity contribution in [3.8, 4) is 0 Å². The Bertz CT molecular complexity index is 1270. The van der Waals surface area contributed by atoms with E-state index in [1.165, 1.54) is 4.52 Å². The van der Waals surface area contributed by atoms with E-state index in [9.17, 15) is 9.59 Å². The number of aromatic nitrogens is 3. The number of hydrogen-bond acceptors (Lipinski definition) is 5. The molecule has 5 nitrogen and oxygen atoms in total. The van der Waals surface area contributed by atoms with Gasteiger partial charge in [0.05, 0.1) is 4.53 Å². The molecule has 0 aliphatic heterocycles. The lowest BCUT2D eigenvalue weighted by atomic mass is 10.1. The fourth-order valence-corrected chi connectivity index (χ4v) is 3.66. The number of rotatable bonds is 3. The molecule has 0 bridgehead atoms. The summed E-state index contributed by atoms with van der Waals surface area (Å²) < 4.78 is 1.61. The normalized spacial score (nSPS) is 12.0. The van der Waals surface area contributed by atoms with Crippen LogP contribution in [0.5, 0.6) is 0 Å². The Balaban J connectivity index is 1.85. The van der Waals surface area contributed by atoms with Crippen molar-refractivity contribution in [3.05, 3.63) is 102 Å². The topological polar surface area (TPSA) is 64.3 Å². The third-order valence-electron chi connectivity index (χ3n) is 3.86. The molecule has 0 saturated heterocycles. The van der Waals surface area contributed by atoms with Crippen molar-refractivity contribution >= 4 is 34.0 Å². The van der Waals surface area contributed by atoms with E-state index in [2.05, 4.69) is 10.1 Å². The molecule has 0 N–H and O–H groups in total. The maximum Gasteiger partial charge on any atom is 0.296 e. The first-order valence-corrected chi connectivity index (χ1v) is 9.04. The van der Waals surface area contributed by atoms with E-state index >= 15 is 0 Å². The second kappa shape index (κ2) is 6.82. The Morgan fingerprint density at radius 2 is 1.77 bits per heavy atom. The summed E-state index contributed by atoms with van der Waals surface area (Å²) in [7, 11) is 0. The van der Waals surface area contributed by atoms with Crippen LogP contribution in [-0.4, -0.2) is 14.6 Å². The lowest BCUT2D eigenvalue weighted by Gasteiger charge is -1.99. The van der Waals surface area contributed by atoms with Gasteiger partial charge < -0.3 is 0 Å². The third-order valence-corrected chi connectivity index (χ3v) is 5.16. The number of halogens is 1. The standard InChI is InChI=1S/C19H12ClN3O2S/c20-14-9-5-4-8-13(14)11-16-18(25)23-19(26-16)21-17(24)15(22-23)10-12-6-2-1-3-7-12/h1-9,11H,10H2. The highest BCUT2D eigenvalue weighted by molar-refractivity contribution is 7.15. The van der Waals surface area contributed by atoms with E-state index in [1.54, 1.807) is 12.1 Å². The van der Waals surface area contributed by atoms with Crippen LogP contribution in [0.25, 0.3) is 11.0 Å². The average Bonchev–Trinajstić information content (AvgIpc) is 2.93. The Hall–Kier alpha value is -2.83. The molecule has 0 unspecified atom stereocenters. The van der Waals surface area contributed by atoms with E-state index in [0.717, 1.165) is 22.5 Å². The van der Waals surface area contributed by atoms with Crippen LogP contribution >= 0.6 is 22.9 Å². The van der Waals surface area contributed by atoms with Crippen molar-refractivity contribution in [1.29, 1.82) is 0 Å². The molecule has 0 saturated carbocycles. The second-order valence-electron chi connectivity index (χ2n) is 5.66. The number of fused-ring (bicyclic) bond motifs is 1. The van der Waals surface area contributed by atoms with E-state index in [4.69, 9.17) is 11.6 Å². The summed E-state index contributed by atoms with van der Waals surface area (Å²) in [5, 5.41) is 4.79. The fourth-order valence-electron chi connectivity index (χ4n) is 2.57. The van der Waals surface area contributed by atoms with E-state index < -0.39 is 5.56 Å². The molecule has 0 radical (unpaired) electrons. The van der Waals surface area contributed by atoms with Gasteiger partial charge in [0.1, 0.15) is 5.69 Å². The van der Waals surface area contributed by atoms with Crippen LogP contribution in [0.2, 0.25) is 5.02 Å². The first kappa shape index (κ1) is 16.6. The Morgan fingerprint density at radius 1 is 1.04 bits per heavy atom. The van der Waals surface area contributed by atoms with Gasteiger partial charge in [0.15, 0.2) is 0 Å². The molecule has 128 valence electrons. The predicted octanol–water partition coefficient (Wildman–Crippen LogP) is 2.30. The van der Waals surface area contributed by atoms with Crippen LogP contribution in [0.1, 0.15) is 16.8 Å². The van der Waals surface area contributed by atoms with Crippen molar-refractivity contribution in [3.63, 3.8) is 0 Å². The Labute approximate surface area is 156 Å². The van der Waals surface area contributed by atoms with Gasteiger partial charge in [-0.2, -0.15) is 14.6 Å². The van der Waals surface area contributed by atoms with Crippen LogP contribution < -0.4 is 15.7 Å². The van der Waals surface area contributed by atoms with Gasteiger partial charge in [0.2, 0.25) is 4.96 Å². The summed E-state index contributed by atoms with van der Waals surface area (Å²) in [6.07, 6.45) is 2.02. The van der Waals surface area contributed by atoms with Gasteiger partial charge in [-0.25, -0.2) is 0 Å². The average molecular weight is 382 g/mol. The summed E-state index contributed by atoms with van der Waals surface area (Å²) in [4.78, 5) is 29.2. The van der Waals surface area contributed by atoms with Gasteiger partial charge in [-0.1, -0.05) is 71.5 Å². The lowest BCUT2D eigenvalue weighted by molar-refractivity contribution is 0.811. The number of thiazole rings is 1. The molecule has 2 aromatic carbocycles. The molecule has 0 fully saturated rings. The highest BCUT2D eigenvalue weighted by atomic mass is 35.5. The van der Waals surface area contributed by atoms with Crippen molar-refractivity contribution in [1.82, 2.24) is 14.6 Å². The van der Waals surface area contributed by atoms with Crippen LogP contribution in [0.15, 0.2) is 64.2 Å². The Morgan fingerprint density at radius 3 is 2.54 bits per heavy atom. The smallest absolute Gasteiger partial charge is 0.266 e. The molecule has 4 aromatic rings. The zero-order valence-electron chi connectivity index (χ0n) is 13.4. The molecule has 0 aliphatic rings. The summed E-state index contributed by atoms with van der Waals surface area (Å²) in [5.74, 6) is 0. The minimum atomic E-state index is -0.417. The monoisotopic (exact) mass is 381 g/mol.